The van der Waals surface area contributed by atoms with E-state index >= 15 is 0 Å². The van der Waals surface area contributed by atoms with Crippen LogP contribution in [0.5, 0.6) is 5.75 Å². The van der Waals surface area contributed by atoms with E-state index in [1.165, 1.54) is 12.1 Å². The van der Waals surface area contributed by atoms with Gasteiger partial charge >= 0.3 is 5.97 Å². The number of carbonyl (C=O) groups excluding carboxylic acids is 2. The maximum atomic E-state index is 11.9. The molecule has 0 aromatic heterocycles. The molecular formula is C33H44N2O6. The van der Waals surface area contributed by atoms with Crippen LogP contribution in [-0.4, -0.2) is 47.8 Å². The maximum absolute atomic E-state index is 11.9. The first-order valence-corrected chi connectivity index (χ1v) is 14.0. The molecule has 0 spiro atoms. The van der Waals surface area contributed by atoms with Gasteiger partial charge in [0.05, 0.1) is 6.61 Å². The zero-order valence-corrected chi connectivity index (χ0v) is 24.0. The highest BCUT2D eigenvalue weighted by Crippen LogP contribution is 2.21. The molecule has 0 heterocycles. The van der Waals surface area contributed by atoms with E-state index < -0.39 is 11.9 Å². The van der Waals surface area contributed by atoms with Crippen molar-refractivity contribution in [3.8, 4) is 5.75 Å². The number of anilines is 1. The van der Waals surface area contributed by atoms with Crippen LogP contribution in [0.25, 0.3) is 0 Å². The summed E-state index contributed by atoms with van der Waals surface area (Å²) in [7, 11) is 0. The number of benzene rings is 1. The zero-order chi connectivity index (χ0) is 30.0. The molecule has 0 aliphatic rings. The smallest absolute Gasteiger partial charge is 0.339 e. The normalized spacial score (nSPS) is 12.1. The Bertz CT molecular complexity index is 1100. The molecule has 222 valence electrons. The minimum absolute atomic E-state index is 0.0946. The first-order chi connectivity index (χ1) is 19.9. The Kier molecular flexibility index (Phi) is 20.1. The molecule has 2 amide bonds. The van der Waals surface area contributed by atoms with Crippen LogP contribution in [-0.2, 0) is 14.3 Å². The molecule has 0 aliphatic carbocycles. The summed E-state index contributed by atoms with van der Waals surface area (Å²) in [5.41, 5.74) is -0.0769. The summed E-state index contributed by atoms with van der Waals surface area (Å²) in [5.74, 6) is -2.26. The van der Waals surface area contributed by atoms with Crippen molar-refractivity contribution in [3.05, 3.63) is 96.7 Å². The molecule has 1 aromatic carbocycles. The van der Waals surface area contributed by atoms with Crippen molar-refractivity contribution in [3.63, 3.8) is 0 Å². The summed E-state index contributed by atoms with van der Waals surface area (Å²) in [4.78, 5) is 34.9. The summed E-state index contributed by atoms with van der Waals surface area (Å²) in [6.45, 7) is 2.32. The van der Waals surface area contributed by atoms with Gasteiger partial charge in [0, 0.05) is 18.7 Å². The Morgan fingerprint density at radius 3 is 1.85 bits per heavy atom. The van der Waals surface area contributed by atoms with Crippen LogP contribution in [0.3, 0.4) is 0 Å². The second-order valence-corrected chi connectivity index (χ2v) is 8.94. The van der Waals surface area contributed by atoms with E-state index in [4.69, 9.17) is 9.84 Å². The summed E-state index contributed by atoms with van der Waals surface area (Å²) < 4.78 is 5.24. The van der Waals surface area contributed by atoms with Gasteiger partial charge in [-0.1, -0.05) is 79.8 Å². The van der Waals surface area contributed by atoms with E-state index in [9.17, 15) is 19.5 Å². The minimum Gasteiger partial charge on any atom is -0.507 e. The predicted octanol–water partition coefficient (Wildman–Crippen LogP) is 6.64. The SMILES string of the molecule is CC/C=C\C/C=C\C/C=C\C/C=C\C/C=C\C/C=C\CCC(=O)NCCOCC(=O)Nc1ccc(O)c(C(=O)O)c1. The van der Waals surface area contributed by atoms with Crippen molar-refractivity contribution in [2.75, 3.05) is 25.1 Å². The summed E-state index contributed by atoms with van der Waals surface area (Å²) in [6.07, 6.45) is 32.4. The third kappa shape index (κ3) is 19.5. The topological polar surface area (TPSA) is 125 Å². The lowest BCUT2D eigenvalue weighted by Gasteiger charge is -2.08. The van der Waals surface area contributed by atoms with Crippen LogP contribution < -0.4 is 10.6 Å². The number of nitrogens with one attached hydrogen (secondary N) is 2. The number of ether oxygens (including phenoxy) is 1. The van der Waals surface area contributed by atoms with Crippen LogP contribution in [0, 0.1) is 0 Å². The molecule has 8 nitrogen and oxygen atoms in total. The van der Waals surface area contributed by atoms with Crippen molar-refractivity contribution >= 4 is 23.5 Å². The van der Waals surface area contributed by atoms with Crippen molar-refractivity contribution in [2.45, 2.75) is 58.3 Å². The maximum Gasteiger partial charge on any atom is 0.339 e. The number of aromatic carboxylic acids is 1. The van der Waals surface area contributed by atoms with Crippen LogP contribution >= 0.6 is 0 Å². The van der Waals surface area contributed by atoms with Crippen molar-refractivity contribution < 1.29 is 29.3 Å². The number of phenols is 1. The second kappa shape index (κ2) is 23.7. The zero-order valence-electron chi connectivity index (χ0n) is 24.0. The molecule has 0 atom stereocenters. The summed E-state index contributed by atoms with van der Waals surface area (Å²) in [5, 5.41) is 23.7. The van der Waals surface area contributed by atoms with Gasteiger partial charge < -0.3 is 25.6 Å². The third-order valence-electron chi connectivity index (χ3n) is 5.45. The number of carbonyl (C=O) groups is 3. The average Bonchev–Trinajstić information content (AvgIpc) is 2.95. The molecule has 0 saturated carbocycles. The fraction of sp³-hybridized carbons (Fsp3) is 0.364. The fourth-order valence-corrected chi connectivity index (χ4v) is 3.35. The predicted molar refractivity (Wildman–Crippen MR) is 165 cm³/mol. The largest absolute Gasteiger partial charge is 0.507 e. The average molecular weight is 565 g/mol. The van der Waals surface area contributed by atoms with E-state index in [2.05, 4.69) is 78.3 Å². The summed E-state index contributed by atoms with van der Waals surface area (Å²) in [6, 6.07) is 3.74. The molecule has 8 heteroatoms. The van der Waals surface area contributed by atoms with Crippen molar-refractivity contribution in [1.82, 2.24) is 5.32 Å². The van der Waals surface area contributed by atoms with Gasteiger partial charge in [0.25, 0.3) is 0 Å². The van der Waals surface area contributed by atoms with Gasteiger partial charge in [0.2, 0.25) is 11.8 Å². The van der Waals surface area contributed by atoms with Gasteiger partial charge in [0.1, 0.15) is 17.9 Å². The van der Waals surface area contributed by atoms with Gasteiger partial charge in [-0.3, -0.25) is 9.59 Å². The number of amides is 2. The van der Waals surface area contributed by atoms with Crippen LogP contribution in [0.4, 0.5) is 5.69 Å². The van der Waals surface area contributed by atoms with Gasteiger partial charge in [-0.05, 0) is 63.1 Å². The Balaban J connectivity index is 2.02. The molecule has 4 N–H and O–H groups in total. The number of allylic oxidation sites excluding steroid dienone is 12. The first kappa shape index (κ1) is 34.9. The van der Waals surface area contributed by atoms with E-state index in [1.807, 2.05) is 12.2 Å². The molecule has 0 bridgehead atoms. The molecule has 0 radical (unpaired) electrons. The quantitative estimate of drug-likeness (QED) is 0.0754. The Hall–Kier alpha value is -4.17. The van der Waals surface area contributed by atoms with Gasteiger partial charge in [0.15, 0.2) is 0 Å². The molecule has 0 fully saturated rings. The first-order valence-electron chi connectivity index (χ1n) is 14.0. The Morgan fingerprint density at radius 2 is 1.32 bits per heavy atom. The molecular weight excluding hydrogens is 520 g/mol. The molecule has 41 heavy (non-hydrogen) atoms. The van der Waals surface area contributed by atoms with Gasteiger partial charge in [-0.2, -0.15) is 0 Å². The standard InChI is InChI=1S/C33H44N2O6/c1-2-3-4-5-6-7-8-9-10-11-12-13-14-15-16-17-18-19-20-21-31(37)34-24-25-41-27-32(38)35-28-22-23-30(36)29(26-28)33(39)40/h3-4,6-7,9-10,12-13,15-16,18-19,22-23,26,36H,2,5,8,11,14,17,20-21,24-25,27H2,1H3,(H,34,37)(H,35,38)(H,39,40)/b4-3-,7-6-,10-9-,13-12-,16-15-,19-18-. The number of hydrogen-bond donors (Lipinski definition) is 4. The molecule has 1 aromatic rings. The highest BCUT2D eigenvalue weighted by Gasteiger charge is 2.11. The van der Waals surface area contributed by atoms with E-state index in [0.717, 1.165) is 44.6 Å². The van der Waals surface area contributed by atoms with Gasteiger partial charge in [-0.15, -0.1) is 0 Å². The lowest BCUT2D eigenvalue weighted by Crippen LogP contribution is -2.28. The number of rotatable bonds is 21. The number of aromatic hydroxyl groups is 1. The van der Waals surface area contributed by atoms with E-state index in [0.29, 0.717) is 12.8 Å². The number of carboxylic acid groups (broad SMARTS) is 1. The Morgan fingerprint density at radius 1 is 0.780 bits per heavy atom. The van der Waals surface area contributed by atoms with Gasteiger partial charge in [-0.25, -0.2) is 4.79 Å². The highest BCUT2D eigenvalue weighted by atomic mass is 16.5. The molecule has 0 unspecified atom stereocenters. The number of hydrogen-bond acceptors (Lipinski definition) is 5. The number of carboxylic acids is 1. The molecule has 0 saturated heterocycles. The fourth-order valence-electron chi connectivity index (χ4n) is 3.35. The van der Waals surface area contributed by atoms with E-state index in [1.54, 1.807) is 0 Å². The van der Waals surface area contributed by atoms with Crippen LogP contribution in [0.2, 0.25) is 0 Å². The lowest BCUT2D eigenvalue weighted by molar-refractivity contribution is -0.121. The van der Waals surface area contributed by atoms with E-state index in [-0.39, 0.29) is 42.7 Å². The van der Waals surface area contributed by atoms with Crippen molar-refractivity contribution in [1.29, 1.82) is 0 Å². The van der Waals surface area contributed by atoms with Crippen LogP contribution in [0.15, 0.2) is 91.1 Å². The molecule has 1 rings (SSSR count). The minimum atomic E-state index is -1.30. The Labute approximate surface area is 243 Å². The van der Waals surface area contributed by atoms with Crippen LogP contribution in [0.1, 0.15) is 68.6 Å². The monoisotopic (exact) mass is 564 g/mol. The molecule has 0 aliphatic heterocycles. The highest BCUT2D eigenvalue weighted by molar-refractivity contribution is 5.96. The summed E-state index contributed by atoms with van der Waals surface area (Å²) >= 11 is 0. The third-order valence-corrected chi connectivity index (χ3v) is 5.45. The second-order valence-electron chi connectivity index (χ2n) is 8.94. The van der Waals surface area contributed by atoms with Crippen molar-refractivity contribution in [2.24, 2.45) is 0 Å². The lowest BCUT2D eigenvalue weighted by atomic mass is 10.2.